The van der Waals surface area contributed by atoms with Crippen LogP contribution in [0, 0.1) is 13.8 Å². The Morgan fingerprint density at radius 1 is 1.45 bits per heavy atom. The zero-order valence-electron chi connectivity index (χ0n) is 12.4. The van der Waals surface area contributed by atoms with E-state index >= 15 is 0 Å². The minimum atomic E-state index is -3.54. The van der Waals surface area contributed by atoms with Crippen molar-refractivity contribution in [2.45, 2.75) is 43.9 Å². The predicted molar refractivity (Wildman–Crippen MR) is 81.6 cm³/mol. The highest BCUT2D eigenvalue weighted by atomic mass is 32.2. The third-order valence-electron chi connectivity index (χ3n) is 3.08. The molecule has 1 atom stereocenters. The van der Waals surface area contributed by atoms with Gasteiger partial charge in [0.2, 0.25) is 10.0 Å². The average molecular weight is 321 g/mol. The number of rotatable bonds is 8. The van der Waals surface area contributed by atoms with Crippen LogP contribution in [0.25, 0.3) is 0 Å². The molecule has 116 valence electrons. The van der Waals surface area contributed by atoms with Crippen LogP contribution in [-0.2, 0) is 16.6 Å². The predicted octanol–water partition coefficient (Wildman–Crippen LogP) is 0.912. The summed E-state index contributed by atoms with van der Waals surface area (Å²) in [5.74, 6) is 0. The smallest absolute Gasteiger partial charge is 0.244 e. The second-order valence-electron chi connectivity index (χ2n) is 4.70. The number of aliphatic hydroxyl groups excluding tert-OH is 1. The Balaban J connectivity index is 2.97. The third-order valence-corrected chi connectivity index (χ3v) is 5.72. The van der Waals surface area contributed by atoms with Gasteiger partial charge in [0.05, 0.1) is 11.4 Å². The molecule has 0 saturated carbocycles. The maximum absolute atomic E-state index is 12.4. The van der Waals surface area contributed by atoms with Gasteiger partial charge in [0.25, 0.3) is 0 Å². The molecule has 0 fully saturated rings. The van der Waals surface area contributed by atoms with E-state index in [1.165, 1.54) is 0 Å². The van der Waals surface area contributed by atoms with Crippen molar-refractivity contribution in [2.24, 2.45) is 0 Å². The lowest BCUT2D eigenvalue weighted by molar-refractivity contribution is 0.276. The van der Waals surface area contributed by atoms with E-state index in [2.05, 4.69) is 9.82 Å². The quantitative estimate of drug-likeness (QED) is 0.743. The Kier molecular flexibility index (Phi) is 6.50. The molecule has 0 saturated heterocycles. The Morgan fingerprint density at radius 3 is 2.65 bits per heavy atom. The summed E-state index contributed by atoms with van der Waals surface area (Å²) in [5, 5.41) is 13.3. The number of thioether (sulfide) groups is 1. The zero-order chi connectivity index (χ0) is 15.3. The van der Waals surface area contributed by atoms with E-state index in [9.17, 15) is 8.42 Å². The highest BCUT2D eigenvalue weighted by Gasteiger charge is 2.24. The lowest BCUT2D eigenvalue weighted by atomic mass is 10.4. The van der Waals surface area contributed by atoms with Gasteiger partial charge < -0.3 is 5.11 Å². The first-order valence-corrected chi connectivity index (χ1v) is 9.28. The highest BCUT2D eigenvalue weighted by Crippen LogP contribution is 2.19. The van der Waals surface area contributed by atoms with Gasteiger partial charge in [-0.1, -0.05) is 6.92 Å². The van der Waals surface area contributed by atoms with E-state index in [0.29, 0.717) is 30.9 Å². The molecule has 6 nitrogen and oxygen atoms in total. The van der Waals surface area contributed by atoms with Crippen LogP contribution in [0.5, 0.6) is 0 Å². The van der Waals surface area contributed by atoms with Gasteiger partial charge in [-0.2, -0.15) is 16.9 Å². The van der Waals surface area contributed by atoms with Gasteiger partial charge >= 0.3 is 0 Å². The van der Waals surface area contributed by atoms with Crippen LogP contribution in [0.2, 0.25) is 0 Å². The molecule has 2 N–H and O–H groups in total. The molecule has 0 aliphatic rings. The summed E-state index contributed by atoms with van der Waals surface area (Å²) in [4.78, 5) is 0.253. The fourth-order valence-electron chi connectivity index (χ4n) is 1.89. The minimum Gasteiger partial charge on any atom is -0.396 e. The van der Waals surface area contributed by atoms with Gasteiger partial charge in [-0.15, -0.1) is 0 Å². The van der Waals surface area contributed by atoms with Crippen LogP contribution in [0.4, 0.5) is 0 Å². The first-order chi connectivity index (χ1) is 9.33. The molecule has 0 radical (unpaired) electrons. The van der Waals surface area contributed by atoms with E-state index in [4.69, 9.17) is 5.11 Å². The maximum atomic E-state index is 12.4. The molecule has 1 aromatic rings. The lowest BCUT2D eigenvalue weighted by Gasteiger charge is -2.11. The molecule has 8 heteroatoms. The summed E-state index contributed by atoms with van der Waals surface area (Å²) in [6.45, 7) is 6.37. The summed E-state index contributed by atoms with van der Waals surface area (Å²) in [6.07, 6.45) is 2.50. The molecular weight excluding hydrogens is 298 g/mol. The molecule has 0 aliphatic carbocycles. The summed E-state index contributed by atoms with van der Waals surface area (Å²) in [5.41, 5.74) is 1.10. The lowest BCUT2D eigenvalue weighted by Crippen LogP contribution is -2.30. The molecule has 0 aromatic carbocycles. The number of aromatic nitrogens is 2. The molecule has 1 rings (SSSR count). The van der Waals surface area contributed by atoms with Gasteiger partial charge in [-0.05, 0) is 26.5 Å². The van der Waals surface area contributed by atoms with Crippen molar-refractivity contribution in [1.82, 2.24) is 14.5 Å². The van der Waals surface area contributed by atoms with Crippen LogP contribution in [0.1, 0.15) is 24.7 Å². The summed E-state index contributed by atoms with van der Waals surface area (Å²) in [6, 6.07) is 0. The van der Waals surface area contributed by atoms with Crippen LogP contribution in [0.3, 0.4) is 0 Å². The number of nitrogens with zero attached hydrogens (tertiary/aromatic N) is 2. The number of aliphatic hydroxyl groups is 1. The molecule has 1 heterocycles. The van der Waals surface area contributed by atoms with Crippen LogP contribution in [-0.4, -0.2) is 48.0 Å². The standard InChI is InChI=1S/C12H23N3O3S2/c1-9(19-4)8-13-20(17,18)12-10(2)14-15(11(12)3)6-5-7-16/h9,13,16H,5-8H2,1-4H3. The topological polar surface area (TPSA) is 84.2 Å². The fourth-order valence-corrected chi connectivity index (χ4v) is 3.78. The minimum absolute atomic E-state index is 0.0594. The number of aryl methyl sites for hydroxylation is 2. The van der Waals surface area contributed by atoms with Gasteiger partial charge in [0.15, 0.2) is 0 Å². The number of nitrogens with one attached hydrogen (secondary N) is 1. The second kappa shape index (κ2) is 7.44. The third kappa shape index (κ3) is 4.21. The van der Waals surface area contributed by atoms with Crippen molar-refractivity contribution in [3.05, 3.63) is 11.4 Å². The zero-order valence-corrected chi connectivity index (χ0v) is 14.0. The number of hydrogen-bond acceptors (Lipinski definition) is 5. The molecule has 0 spiro atoms. The Labute approximate surface area is 125 Å². The number of sulfonamides is 1. The van der Waals surface area contributed by atoms with E-state index < -0.39 is 10.0 Å². The van der Waals surface area contributed by atoms with E-state index in [0.717, 1.165) is 0 Å². The summed E-state index contributed by atoms with van der Waals surface area (Å²) in [7, 11) is -3.54. The van der Waals surface area contributed by atoms with E-state index in [-0.39, 0.29) is 16.8 Å². The number of hydrogen-bond donors (Lipinski definition) is 2. The van der Waals surface area contributed by atoms with Crippen molar-refractivity contribution >= 4 is 21.8 Å². The van der Waals surface area contributed by atoms with Gasteiger partial charge in [-0.3, -0.25) is 4.68 Å². The molecule has 0 amide bonds. The molecule has 0 aliphatic heterocycles. The van der Waals surface area contributed by atoms with Gasteiger partial charge in [0.1, 0.15) is 4.90 Å². The first kappa shape index (κ1) is 17.5. The molecule has 0 bridgehead atoms. The van der Waals surface area contributed by atoms with Crippen LogP contribution >= 0.6 is 11.8 Å². The maximum Gasteiger partial charge on any atom is 0.244 e. The van der Waals surface area contributed by atoms with Crippen molar-refractivity contribution in [2.75, 3.05) is 19.4 Å². The van der Waals surface area contributed by atoms with Crippen molar-refractivity contribution in [3.63, 3.8) is 0 Å². The van der Waals surface area contributed by atoms with Gasteiger partial charge in [-0.25, -0.2) is 13.1 Å². The normalized spacial score (nSPS) is 13.7. The molecule has 1 unspecified atom stereocenters. The Bertz CT molecular complexity index is 540. The van der Waals surface area contributed by atoms with E-state index in [1.54, 1.807) is 30.3 Å². The molecule has 1 aromatic heterocycles. The van der Waals surface area contributed by atoms with Crippen LogP contribution < -0.4 is 4.72 Å². The second-order valence-corrected chi connectivity index (χ2v) is 7.68. The van der Waals surface area contributed by atoms with E-state index in [1.807, 2.05) is 13.2 Å². The fraction of sp³-hybridized carbons (Fsp3) is 0.750. The summed E-state index contributed by atoms with van der Waals surface area (Å²) >= 11 is 1.61. The molecular formula is C12H23N3O3S2. The monoisotopic (exact) mass is 321 g/mol. The van der Waals surface area contributed by atoms with Crippen molar-refractivity contribution < 1.29 is 13.5 Å². The van der Waals surface area contributed by atoms with Crippen molar-refractivity contribution in [3.8, 4) is 0 Å². The highest BCUT2D eigenvalue weighted by molar-refractivity contribution is 7.99. The molecule has 20 heavy (non-hydrogen) atoms. The largest absolute Gasteiger partial charge is 0.396 e. The van der Waals surface area contributed by atoms with Gasteiger partial charge in [0, 0.05) is 24.9 Å². The summed E-state index contributed by atoms with van der Waals surface area (Å²) < 4.78 is 29.0. The Hall–Kier alpha value is -0.570. The van der Waals surface area contributed by atoms with Crippen LogP contribution in [0.15, 0.2) is 4.90 Å². The van der Waals surface area contributed by atoms with Crippen molar-refractivity contribution in [1.29, 1.82) is 0 Å². The Morgan fingerprint density at radius 2 is 2.10 bits per heavy atom. The SMILES string of the molecule is CSC(C)CNS(=O)(=O)c1c(C)nn(CCCO)c1C. The average Bonchev–Trinajstić information content (AvgIpc) is 2.68. The first-order valence-electron chi connectivity index (χ1n) is 6.50.